The number of hydrogen-bond donors (Lipinski definition) is 1. The second-order valence-corrected chi connectivity index (χ2v) is 7.58. The van der Waals surface area contributed by atoms with E-state index in [0.717, 1.165) is 12.1 Å². The summed E-state index contributed by atoms with van der Waals surface area (Å²) < 4.78 is 58.7. The van der Waals surface area contributed by atoms with Crippen molar-refractivity contribution in [3.05, 3.63) is 64.7 Å². The van der Waals surface area contributed by atoms with E-state index in [4.69, 9.17) is 16.3 Å². The van der Waals surface area contributed by atoms with Gasteiger partial charge in [-0.05, 0) is 36.8 Å². The molecule has 0 spiro atoms. The van der Waals surface area contributed by atoms with E-state index in [-0.39, 0.29) is 6.54 Å². The largest absolute Gasteiger partial charge is 0.372 e. The maximum absolute atomic E-state index is 13.2. The van der Waals surface area contributed by atoms with E-state index in [1.54, 1.807) is 31.2 Å². The van der Waals surface area contributed by atoms with Gasteiger partial charge in [-0.2, -0.15) is 0 Å². The highest BCUT2D eigenvalue weighted by Crippen LogP contribution is 2.27. The molecule has 0 aliphatic carbocycles. The van der Waals surface area contributed by atoms with Crippen molar-refractivity contribution in [2.75, 3.05) is 13.7 Å². The third-order valence-corrected chi connectivity index (χ3v) is 5.25. The molecule has 24 heavy (non-hydrogen) atoms. The standard InChI is InChI=1S/C16H16ClF2NO3S/c1-16(23-2,11-4-3-5-12(17)6-11)10-20-24(21,22)15-8-13(18)7-14(19)9-15/h3-9,20H,10H2,1-2H3. The number of nitrogens with one attached hydrogen (secondary N) is 1. The summed E-state index contributed by atoms with van der Waals surface area (Å²) in [5.41, 5.74) is -0.352. The van der Waals surface area contributed by atoms with Gasteiger partial charge in [-0.1, -0.05) is 23.7 Å². The number of benzene rings is 2. The van der Waals surface area contributed by atoms with Crippen molar-refractivity contribution >= 4 is 21.6 Å². The van der Waals surface area contributed by atoms with Gasteiger partial charge in [0.15, 0.2) is 0 Å². The van der Waals surface area contributed by atoms with Gasteiger partial charge in [0.2, 0.25) is 10.0 Å². The van der Waals surface area contributed by atoms with Crippen LogP contribution in [-0.2, 0) is 20.4 Å². The fourth-order valence-corrected chi connectivity index (χ4v) is 3.47. The first-order chi connectivity index (χ1) is 11.2. The molecule has 0 radical (unpaired) electrons. The van der Waals surface area contributed by atoms with Crippen LogP contribution in [-0.4, -0.2) is 22.1 Å². The van der Waals surface area contributed by atoms with Crippen molar-refractivity contribution in [1.29, 1.82) is 0 Å². The van der Waals surface area contributed by atoms with E-state index in [0.29, 0.717) is 16.7 Å². The molecule has 0 aliphatic heterocycles. The molecule has 0 aliphatic rings. The molecule has 130 valence electrons. The van der Waals surface area contributed by atoms with Crippen molar-refractivity contribution in [3.8, 4) is 0 Å². The van der Waals surface area contributed by atoms with Crippen molar-refractivity contribution in [1.82, 2.24) is 4.72 Å². The first-order valence-corrected chi connectivity index (χ1v) is 8.79. The lowest BCUT2D eigenvalue weighted by atomic mass is 9.96. The molecule has 2 rings (SSSR count). The Balaban J connectivity index is 2.26. The Hall–Kier alpha value is -1.54. The van der Waals surface area contributed by atoms with Gasteiger partial charge in [0, 0.05) is 24.7 Å². The average Bonchev–Trinajstić information content (AvgIpc) is 2.52. The highest BCUT2D eigenvalue weighted by molar-refractivity contribution is 7.89. The lowest BCUT2D eigenvalue weighted by Crippen LogP contribution is -2.40. The summed E-state index contributed by atoms with van der Waals surface area (Å²) in [5.74, 6) is -1.94. The third kappa shape index (κ3) is 4.30. The van der Waals surface area contributed by atoms with Crippen LogP contribution in [0.15, 0.2) is 47.4 Å². The number of rotatable bonds is 6. The van der Waals surface area contributed by atoms with Crippen LogP contribution in [0.2, 0.25) is 5.02 Å². The predicted molar refractivity (Wildman–Crippen MR) is 87.4 cm³/mol. The van der Waals surface area contributed by atoms with Gasteiger partial charge in [-0.15, -0.1) is 0 Å². The predicted octanol–water partition coefficient (Wildman–Crippen LogP) is 3.46. The topological polar surface area (TPSA) is 55.4 Å². The Labute approximate surface area is 144 Å². The Morgan fingerprint density at radius 1 is 1.17 bits per heavy atom. The zero-order valence-electron chi connectivity index (χ0n) is 13.0. The highest BCUT2D eigenvalue weighted by Gasteiger charge is 2.29. The van der Waals surface area contributed by atoms with Gasteiger partial charge in [-0.3, -0.25) is 0 Å². The zero-order valence-corrected chi connectivity index (χ0v) is 14.6. The quantitative estimate of drug-likeness (QED) is 0.841. The molecule has 0 heterocycles. The van der Waals surface area contributed by atoms with Crippen molar-refractivity contribution in [3.63, 3.8) is 0 Å². The maximum Gasteiger partial charge on any atom is 0.240 e. The van der Waals surface area contributed by atoms with Crippen LogP contribution in [0, 0.1) is 11.6 Å². The lowest BCUT2D eigenvalue weighted by molar-refractivity contribution is 0.00699. The smallest absolute Gasteiger partial charge is 0.240 e. The maximum atomic E-state index is 13.2. The third-order valence-electron chi connectivity index (χ3n) is 3.63. The van der Waals surface area contributed by atoms with Gasteiger partial charge < -0.3 is 4.74 Å². The molecule has 1 atom stereocenters. The number of sulfonamides is 1. The SMILES string of the molecule is COC(C)(CNS(=O)(=O)c1cc(F)cc(F)c1)c1cccc(Cl)c1. The molecular formula is C16H16ClF2NO3S. The molecule has 4 nitrogen and oxygen atoms in total. The summed E-state index contributed by atoms with van der Waals surface area (Å²) in [6.45, 7) is 1.53. The molecule has 0 fully saturated rings. The molecule has 0 saturated heterocycles. The van der Waals surface area contributed by atoms with Crippen LogP contribution in [0.5, 0.6) is 0 Å². The van der Waals surface area contributed by atoms with Gasteiger partial charge in [0.05, 0.1) is 4.90 Å². The highest BCUT2D eigenvalue weighted by atomic mass is 35.5. The van der Waals surface area contributed by atoms with Crippen LogP contribution in [0.25, 0.3) is 0 Å². The molecule has 0 saturated carbocycles. The van der Waals surface area contributed by atoms with Gasteiger partial charge >= 0.3 is 0 Å². The molecule has 0 amide bonds. The van der Waals surface area contributed by atoms with E-state index in [1.807, 2.05) is 0 Å². The van der Waals surface area contributed by atoms with Crippen LogP contribution in [0.4, 0.5) is 8.78 Å². The first kappa shape index (κ1) is 18.8. The summed E-state index contributed by atoms with van der Waals surface area (Å²) in [6.07, 6.45) is 0. The Morgan fingerprint density at radius 2 is 1.79 bits per heavy atom. The van der Waals surface area contributed by atoms with Crippen LogP contribution < -0.4 is 4.72 Å². The number of hydrogen-bond acceptors (Lipinski definition) is 3. The van der Waals surface area contributed by atoms with Crippen LogP contribution >= 0.6 is 11.6 Å². The van der Waals surface area contributed by atoms with Crippen molar-refractivity contribution < 1.29 is 21.9 Å². The van der Waals surface area contributed by atoms with E-state index in [2.05, 4.69) is 4.72 Å². The zero-order chi connectivity index (χ0) is 18.0. The summed E-state index contributed by atoms with van der Waals surface area (Å²) in [6, 6.07) is 8.88. The van der Waals surface area contributed by atoms with E-state index >= 15 is 0 Å². The van der Waals surface area contributed by atoms with Gasteiger partial charge in [0.25, 0.3) is 0 Å². The minimum absolute atomic E-state index is 0.149. The number of methoxy groups -OCH3 is 1. The molecule has 0 aromatic heterocycles. The number of halogens is 3. The minimum atomic E-state index is -4.11. The van der Waals surface area contributed by atoms with E-state index in [9.17, 15) is 17.2 Å². The Morgan fingerprint density at radius 3 is 2.33 bits per heavy atom. The first-order valence-electron chi connectivity index (χ1n) is 6.93. The summed E-state index contributed by atoms with van der Waals surface area (Å²) in [4.78, 5) is -0.496. The van der Waals surface area contributed by atoms with Crippen molar-refractivity contribution in [2.24, 2.45) is 0 Å². The molecular weight excluding hydrogens is 360 g/mol. The van der Waals surface area contributed by atoms with Gasteiger partial charge in [-0.25, -0.2) is 21.9 Å². The van der Waals surface area contributed by atoms with Crippen LogP contribution in [0.3, 0.4) is 0 Å². The number of ether oxygens (including phenoxy) is 1. The molecule has 1 N–H and O–H groups in total. The second kappa shape index (κ2) is 7.14. The summed E-state index contributed by atoms with van der Waals surface area (Å²) in [7, 11) is -2.68. The van der Waals surface area contributed by atoms with E-state index in [1.165, 1.54) is 7.11 Å². The normalized spacial score (nSPS) is 14.4. The minimum Gasteiger partial charge on any atom is -0.372 e. The second-order valence-electron chi connectivity index (χ2n) is 5.38. The summed E-state index contributed by atoms with van der Waals surface area (Å²) in [5, 5.41) is 0.478. The molecule has 1 unspecified atom stereocenters. The molecule has 8 heteroatoms. The van der Waals surface area contributed by atoms with Crippen LogP contribution in [0.1, 0.15) is 12.5 Å². The average molecular weight is 376 g/mol. The fourth-order valence-electron chi connectivity index (χ4n) is 2.11. The molecule has 2 aromatic carbocycles. The van der Waals surface area contributed by atoms with Gasteiger partial charge in [0.1, 0.15) is 17.2 Å². The van der Waals surface area contributed by atoms with E-state index < -0.39 is 32.2 Å². The van der Waals surface area contributed by atoms with Crippen molar-refractivity contribution in [2.45, 2.75) is 17.4 Å². The lowest BCUT2D eigenvalue weighted by Gasteiger charge is -2.29. The molecule has 2 aromatic rings. The fraction of sp³-hybridized carbons (Fsp3) is 0.250. The monoisotopic (exact) mass is 375 g/mol. The molecule has 0 bridgehead atoms. The Bertz CT molecular complexity index is 825. The summed E-state index contributed by atoms with van der Waals surface area (Å²) >= 11 is 5.95. The Kier molecular flexibility index (Phi) is 5.59.